The van der Waals surface area contributed by atoms with Gasteiger partial charge in [-0.15, -0.1) is 45.3 Å². The van der Waals surface area contributed by atoms with Crippen LogP contribution in [0.2, 0.25) is 0 Å². The number of rotatable bonds is 12. The van der Waals surface area contributed by atoms with Crippen molar-refractivity contribution in [1.82, 2.24) is 0 Å². The van der Waals surface area contributed by atoms with Crippen molar-refractivity contribution in [3.05, 3.63) is 70.4 Å². The van der Waals surface area contributed by atoms with Crippen LogP contribution in [0.1, 0.15) is 75.0 Å². The van der Waals surface area contributed by atoms with Crippen molar-refractivity contribution >= 4 is 56.1 Å². The van der Waals surface area contributed by atoms with Gasteiger partial charge >= 0.3 is 0 Å². The highest BCUT2D eigenvalue weighted by atomic mass is 32.1. The molecule has 224 valence electrons. The fraction of sp³-hybridized carbons (Fsp3) is 0.316. The van der Waals surface area contributed by atoms with E-state index >= 15 is 0 Å². The smallest absolute Gasteiger partial charge is 0.146 e. The van der Waals surface area contributed by atoms with Crippen LogP contribution in [-0.2, 0) is 12.8 Å². The summed E-state index contributed by atoms with van der Waals surface area (Å²) in [5.41, 5.74) is 2.51. The summed E-state index contributed by atoms with van der Waals surface area (Å²) in [5, 5.41) is 2.35. The van der Waals surface area contributed by atoms with Gasteiger partial charge in [0.15, 0.2) is 0 Å². The topological polar surface area (TPSA) is 18.5 Å². The van der Waals surface area contributed by atoms with Crippen LogP contribution in [0, 0.1) is 0 Å². The number of unbranched alkanes of at least 4 members (excludes halogenated alkanes) is 6. The van der Waals surface area contributed by atoms with Crippen molar-refractivity contribution in [2.75, 3.05) is 0 Å². The van der Waals surface area contributed by atoms with E-state index in [1.807, 2.05) is 45.3 Å². The van der Waals surface area contributed by atoms with Gasteiger partial charge in [0.25, 0.3) is 0 Å². The number of fused-ring (bicyclic) bond motifs is 4. The summed E-state index contributed by atoms with van der Waals surface area (Å²) in [6.07, 6.45) is 12.8. The number of hydrogen-bond donors (Lipinski definition) is 0. The Bertz CT molecular complexity index is 1820. The highest BCUT2D eigenvalue weighted by molar-refractivity contribution is 7.25. The number of ether oxygens (including phenoxy) is 2. The molecule has 0 saturated carbocycles. The summed E-state index contributed by atoms with van der Waals surface area (Å²) in [7, 11) is 0. The lowest BCUT2D eigenvalue weighted by molar-refractivity contribution is 0.482. The number of thiophene rings is 4. The molecule has 0 amide bonds. The molecule has 44 heavy (non-hydrogen) atoms. The maximum Gasteiger partial charge on any atom is 0.146 e. The monoisotopic (exact) mass is 652 g/mol. The third-order valence-corrected chi connectivity index (χ3v) is 13.8. The van der Waals surface area contributed by atoms with E-state index in [2.05, 4.69) is 74.5 Å². The van der Waals surface area contributed by atoms with Crippen LogP contribution < -0.4 is 9.47 Å². The predicted molar refractivity (Wildman–Crippen MR) is 193 cm³/mol. The highest BCUT2D eigenvalue weighted by Gasteiger charge is 2.31. The van der Waals surface area contributed by atoms with E-state index in [9.17, 15) is 0 Å². The van der Waals surface area contributed by atoms with Crippen LogP contribution >= 0.6 is 45.3 Å². The van der Waals surface area contributed by atoms with Crippen molar-refractivity contribution < 1.29 is 9.47 Å². The maximum atomic E-state index is 6.61. The van der Waals surface area contributed by atoms with E-state index in [1.54, 1.807) is 0 Å². The molecule has 0 unspecified atom stereocenters. The van der Waals surface area contributed by atoms with Gasteiger partial charge in [-0.25, -0.2) is 0 Å². The van der Waals surface area contributed by atoms with E-state index in [1.165, 1.54) is 125 Å². The van der Waals surface area contributed by atoms with Crippen LogP contribution in [0.5, 0.6) is 23.0 Å². The zero-order valence-corrected chi connectivity index (χ0v) is 28.6. The first-order valence-corrected chi connectivity index (χ1v) is 19.4. The first-order chi connectivity index (χ1) is 21.7. The summed E-state index contributed by atoms with van der Waals surface area (Å²) < 4.78 is 13.2. The molecule has 2 aromatic carbocycles. The second kappa shape index (κ2) is 12.1. The minimum atomic E-state index is 0.926. The molecular weight excluding hydrogens is 617 g/mol. The second-order valence-electron chi connectivity index (χ2n) is 11.9. The number of benzene rings is 2. The van der Waals surface area contributed by atoms with E-state index in [0.29, 0.717) is 0 Å². The first kappa shape index (κ1) is 28.6. The molecule has 2 nitrogen and oxygen atoms in total. The van der Waals surface area contributed by atoms with Gasteiger partial charge in [0.2, 0.25) is 0 Å². The molecule has 0 fully saturated rings. The van der Waals surface area contributed by atoms with Crippen molar-refractivity contribution in [3.8, 4) is 63.4 Å². The molecule has 6 heteroatoms. The normalized spacial score (nSPS) is 12.7. The van der Waals surface area contributed by atoms with Gasteiger partial charge in [0, 0.05) is 63.3 Å². The van der Waals surface area contributed by atoms with Crippen LogP contribution in [0.4, 0.5) is 0 Å². The molecule has 0 saturated heterocycles. The molecule has 2 aliphatic rings. The summed E-state index contributed by atoms with van der Waals surface area (Å²) >= 11 is 7.58. The van der Waals surface area contributed by atoms with Gasteiger partial charge in [-0.3, -0.25) is 0 Å². The zero-order chi connectivity index (χ0) is 29.6. The molecule has 0 aliphatic carbocycles. The SMILES string of the molecule is CCCCCCc1ccc(-c2cc3c(s2)-c2ccc4c5c(ccc(c25)O3)-c2sc(-c3ccc(CCCCCC)s3)cc2O4)s1. The Morgan fingerprint density at radius 1 is 0.455 bits per heavy atom. The van der Waals surface area contributed by atoms with Crippen LogP contribution in [0.15, 0.2) is 60.7 Å². The van der Waals surface area contributed by atoms with Gasteiger partial charge < -0.3 is 9.47 Å². The second-order valence-corrected chi connectivity index (χ2v) is 16.4. The third kappa shape index (κ3) is 5.14. The predicted octanol–water partition coefficient (Wildman–Crippen LogP) is 14.2. The molecule has 2 aliphatic heterocycles. The van der Waals surface area contributed by atoms with Gasteiger partial charge in [0.05, 0.1) is 9.75 Å². The Kier molecular flexibility index (Phi) is 7.87. The molecule has 0 spiro atoms. The van der Waals surface area contributed by atoms with E-state index in [0.717, 1.165) is 23.0 Å². The average Bonchev–Trinajstić information content (AvgIpc) is 3.85. The van der Waals surface area contributed by atoms with E-state index in [4.69, 9.17) is 9.47 Å². The van der Waals surface area contributed by atoms with Gasteiger partial charge in [0.1, 0.15) is 23.0 Å². The third-order valence-electron chi connectivity index (χ3n) is 8.77. The zero-order valence-electron chi connectivity index (χ0n) is 25.3. The largest absolute Gasteiger partial charge is 0.455 e. The number of hydrogen-bond acceptors (Lipinski definition) is 6. The summed E-state index contributed by atoms with van der Waals surface area (Å²) in [6.45, 7) is 4.55. The molecule has 6 aromatic rings. The molecule has 0 N–H and O–H groups in total. The molecule has 0 radical (unpaired) electrons. The molecular formula is C38H36O2S4. The first-order valence-electron chi connectivity index (χ1n) is 16.1. The Labute approximate surface area is 275 Å². The maximum absolute atomic E-state index is 6.61. The summed E-state index contributed by atoms with van der Waals surface area (Å²) in [4.78, 5) is 10.7. The quantitative estimate of drug-likeness (QED) is 0.122. The molecule has 0 bridgehead atoms. The Morgan fingerprint density at radius 3 is 1.39 bits per heavy atom. The molecule has 0 atom stereocenters. The molecule has 6 heterocycles. The fourth-order valence-corrected chi connectivity index (χ4v) is 11.0. The summed E-state index contributed by atoms with van der Waals surface area (Å²) in [5.74, 6) is 3.79. The van der Waals surface area contributed by atoms with Gasteiger partial charge in [-0.2, -0.15) is 0 Å². The minimum absolute atomic E-state index is 0.926. The Morgan fingerprint density at radius 2 is 0.932 bits per heavy atom. The standard InChI is InChI=1S/C38H36O2S4/c1-3-5-7-9-11-23-13-19-31(41-23)33-21-29-37(43-33)25-15-17-28-36-26(16-18-27(39-29)35(25)36)38-30(40-28)22-34(44-38)32-20-14-24(42-32)12-10-8-6-4-2/h13-22H,3-12H2,1-2H3. The van der Waals surface area contributed by atoms with Gasteiger partial charge in [-0.1, -0.05) is 52.4 Å². The molecule has 4 aromatic heterocycles. The lowest BCUT2D eigenvalue weighted by atomic mass is 9.94. The lowest BCUT2D eigenvalue weighted by Gasteiger charge is -2.24. The van der Waals surface area contributed by atoms with Crippen molar-refractivity contribution in [1.29, 1.82) is 0 Å². The van der Waals surface area contributed by atoms with Crippen molar-refractivity contribution in [3.63, 3.8) is 0 Å². The summed E-state index contributed by atoms with van der Waals surface area (Å²) in [6, 6.07) is 22.5. The van der Waals surface area contributed by atoms with Gasteiger partial charge in [-0.05, 0) is 74.2 Å². The Balaban J connectivity index is 1.10. The van der Waals surface area contributed by atoms with E-state index in [-0.39, 0.29) is 0 Å². The van der Waals surface area contributed by atoms with E-state index < -0.39 is 0 Å². The number of aryl methyl sites for hydroxylation is 2. The highest BCUT2D eigenvalue weighted by Crippen LogP contribution is 2.59. The van der Waals surface area contributed by atoms with Crippen LogP contribution in [0.3, 0.4) is 0 Å². The average molecular weight is 653 g/mol. The lowest BCUT2D eigenvalue weighted by Crippen LogP contribution is -1.99. The van der Waals surface area contributed by atoms with Crippen LogP contribution in [0.25, 0.3) is 51.2 Å². The fourth-order valence-electron chi connectivity index (χ4n) is 6.48. The molecule has 8 rings (SSSR count). The van der Waals surface area contributed by atoms with Crippen molar-refractivity contribution in [2.45, 2.75) is 78.1 Å². The Hall–Kier alpha value is -2.90. The van der Waals surface area contributed by atoms with Crippen LogP contribution in [-0.4, -0.2) is 0 Å². The minimum Gasteiger partial charge on any atom is -0.455 e. The van der Waals surface area contributed by atoms with Crippen molar-refractivity contribution in [2.24, 2.45) is 0 Å².